The van der Waals surface area contributed by atoms with Crippen molar-refractivity contribution in [1.82, 2.24) is 10.6 Å². The van der Waals surface area contributed by atoms with Crippen LogP contribution in [0.15, 0.2) is 42.5 Å². The van der Waals surface area contributed by atoms with E-state index in [4.69, 9.17) is 4.74 Å². The maximum absolute atomic E-state index is 12.4. The van der Waals surface area contributed by atoms with Crippen LogP contribution in [0.3, 0.4) is 0 Å². The minimum Gasteiger partial charge on any atom is -0.454 e. The smallest absolute Gasteiger partial charge is 0.338 e. The lowest BCUT2D eigenvalue weighted by atomic mass is 10.1. The van der Waals surface area contributed by atoms with E-state index in [2.05, 4.69) is 10.6 Å². The van der Waals surface area contributed by atoms with Crippen molar-refractivity contribution in [3.63, 3.8) is 0 Å². The first-order valence-electron chi connectivity index (χ1n) is 9.97. The van der Waals surface area contributed by atoms with Crippen molar-refractivity contribution in [1.29, 1.82) is 0 Å². The highest BCUT2D eigenvalue weighted by molar-refractivity contribution is 6.04. The lowest BCUT2D eigenvalue weighted by molar-refractivity contribution is -0.117. The molecule has 0 spiro atoms. The Bertz CT molecular complexity index is 1010. The third-order valence-corrected chi connectivity index (χ3v) is 4.88. The molecule has 0 aromatic heterocycles. The van der Waals surface area contributed by atoms with Crippen LogP contribution < -0.4 is 15.5 Å². The molecule has 2 N–H and O–H groups in total. The fraction of sp³-hybridized carbons (Fsp3) is 0.304. The maximum Gasteiger partial charge on any atom is 0.338 e. The third kappa shape index (κ3) is 5.48. The second-order valence-corrected chi connectivity index (χ2v) is 7.65. The van der Waals surface area contributed by atoms with Gasteiger partial charge in [0, 0.05) is 30.9 Å². The van der Waals surface area contributed by atoms with Crippen molar-refractivity contribution in [3.05, 3.63) is 64.7 Å². The number of nitrogens with zero attached hydrogens (tertiary/aromatic N) is 1. The number of amides is 3. The molecule has 0 radical (unpaired) electrons. The number of nitrogens with one attached hydrogen (secondary N) is 2. The van der Waals surface area contributed by atoms with Gasteiger partial charge in [0.2, 0.25) is 5.91 Å². The van der Waals surface area contributed by atoms with Crippen LogP contribution in [0, 0.1) is 0 Å². The Hall–Kier alpha value is -3.68. The number of ether oxygens (including phenoxy) is 1. The van der Waals surface area contributed by atoms with Gasteiger partial charge >= 0.3 is 12.0 Å². The van der Waals surface area contributed by atoms with Gasteiger partial charge < -0.3 is 20.3 Å². The van der Waals surface area contributed by atoms with Crippen molar-refractivity contribution in [3.8, 4) is 0 Å². The molecule has 3 amide bonds. The number of anilines is 1. The van der Waals surface area contributed by atoms with Crippen molar-refractivity contribution in [2.45, 2.75) is 32.9 Å². The summed E-state index contributed by atoms with van der Waals surface area (Å²) in [4.78, 5) is 49.6. The molecule has 0 unspecified atom stereocenters. The van der Waals surface area contributed by atoms with E-state index < -0.39 is 5.97 Å². The Morgan fingerprint density at radius 1 is 1.06 bits per heavy atom. The molecule has 0 saturated carbocycles. The number of esters is 1. The molecule has 1 heterocycles. The highest BCUT2D eigenvalue weighted by Gasteiger charge is 2.25. The van der Waals surface area contributed by atoms with E-state index in [-0.39, 0.29) is 36.8 Å². The average molecular weight is 423 g/mol. The lowest BCUT2D eigenvalue weighted by Crippen LogP contribution is -2.39. The zero-order valence-corrected chi connectivity index (χ0v) is 17.7. The largest absolute Gasteiger partial charge is 0.454 e. The Kier molecular flexibility index (Phi) is 6.69. The van der Waals surface area contributed by atoms with Gasteiger partial charge in [-0.15, -0.1) is 0 Å². The third-order valence-electron chi connectivity index (χ3n) is 4.88. The first-order valence-corrected chi connectivity index (χ1v) is 9.97. The molecule has 0 saturated heterocycles. The van der Waals surface area contributed by atoms with Crippen LogP contribution in [0.5, 0.6) is 0 Å². The van der Waals surface area contributed by atoms with Gasteiger partial charge in [0.05, 0.1) is 12.0 Å². The van der Waals surface area contributed by atoms with Crippen LogP contribution >= 0.6 is 0 Å². The predicted octanol–water partition coefficient (Wildman–Crippen LogP) is 2.45. The zero-order chi connectivity index (χ0) is 22.5. The summed E-state index contributed by atoms with van der Waals surface area (Å²) in [5.74, 6) is -0.971. The first-order chi connectivity index (χ1) is 14.7. The quantitative estimate of drug-likeness (QED) is 0.526. The van der Waals surface area contributed by atoms with Gasteiger partial charge in [-0.1, -0.05) is 12.1 Å². The molecule has 3 rings (SSSR count). The molecular weight excluding hydrogens is 398 g/mol. The molecular formula is C23H25N3O5. The van der Waals surface area contributed by atoms with Gasteiger partial charge in [0.25, 0.3) is 0 Å². The standard InChI is InChI=1S/C23H25N3O5/c1-14(2)25-23(30)24-12-15-4-6-16(7-5-15)22(29)31-13-20(27)17-8-9-19-18(10-17)11-21(28)26(19)3/h4-10,14H,11-13H2,1-3H3,(H2,24,25,30). The number of hydrogen-bond donors (Lipinski definition) is 2. The predicted molar refractivity (Wildman–Crippen MR) is 115 cm³/mol. The summed E-state index contributed by atoms with van der Waals surface area (Å²) in [7, 11) is 1.69. The summed E-state index contributed by atoms with van der Waals surface area (Å²) in [6, 6.07) is 11.4. The Morgan fingerprint density at radius 3 is 2.42 bits per heavy atom. The summed E-state index contributed by atoms with van der Waals surface area (Å²) in [5.41, 5.74) is 3.11. The Labute approximate surface area is 180 Å². The van der Waals surface area contributed by atoms with Crippen LogP contribution in [-0.4, -0.2) is 43.4 Å². The molecule has 31 heavy (non-hydrogen) atoms. The average Bonchev–Trinajstić information content (AvgIpc) is 3.03. The van der Waals surface area contributed by atoms with Gasteiger partial charge in [-0.25, -0.2) is 9.59 Å². The summed E-state index contributed by atoms with van der Waals surface area (Å²) < 4.78 is 5.14. The van der Waals surface area contributed by atoms with Gasteiger partial charge in [0.1, 0.15) is 0 Å². The van der Waals surface area contributed by atoms with E-state index in [9.17, 15) is 19.2 Å². The number of fused-ring (bicyclic) bond motifs is 1. The van der Waals surface area contributed by atoms with Crippen LogP contribution in [0.25, 0.3) is 0 Å². The number of carbonyl (C=O) groups is 4. The molecule has 0 aliphatic carbocycles. The first kappa shape index (κ1) is 22.0. The number of benzene rings is 2. The van der Waals surface area contributed by atoms with Crippen molar-refractivity contribution < 1.29 is 23.9 Å². The van der Waals surface area contributed by atoms with E-state index in [1.807, 2.05) is 13.8 Å². The Morgan fingerprint density at radius 2 is 1.74 bits per heavy atom. The van der Waals surface area contributed by atoms with Crippen LogP contribution in [0.4, 0.5) is 10.5 Å². The summed E-state index contributed by atoms with van der Waals surface area (Å²) >= 11 is 0. The Balaban J connectivity index is 1.51. The van der Waals surface area contributed by atoms with E-state index in [1.165, 1.54) is 0 Å². The summed E-state index contributed by atoms with van der Waals surface area (Å²) in [5, 5.41) is 5.45. The number of hydrogen-bond acceptors (Lipinski definition) is 5. The number of urea groups is 1. The maximum atomic E-state index is 12.4. The fourth-order valence-electron chi connectivity index (χ4n) is 3.20. The monoisotopic (exact) mass is 423 g/mol. The second kappa shape index (κ2) is 9.42. The molecule has 0 fully saturated rings. The number of ketones is 1. The van der Waals surface area contributed by atoms with Gasteiger partial charge in [-0.05, 0) is 55.3 Å². The van der Waals surface area contributed by atoms with Crippen LogP contribution in [0.1, 0.15) is 45.7 Å². The van der Waals surface area contributed by atoms with E-state index in [0.717, 1.165) is 16.8 Å². The fourth-order valence-corrected chi connectivity index (χ4v) is 3.20. The van der Waals surface area contributed by atoms with Gasteiger partial charge in [-0.2, -0.15) is 0 Å². The molecule has 0 bridgehead atoms. The molecule has 2 aromatic rings. The van der Waals surface area contributed by atoms with E-state index in [1.54, 1.807) is 54.4 Å². The number of rotatable bonds is 7. The van der Waals surface area contributed by atoms with Crippen LogP contribution in [0.2, 0.25) is 0 Å². The van der Waals surface area contributed by atoms with Crippen LogP contribution in [-0.2, 0) is 22.5 Å². The molecule has 0 atom stereocenters. The zero-order valence-electron chi connectivity index (χ0n) is 17.7. The lowest BCUT2D eigenvalue weighted by Gasteiger charge is -2.11. The minimum atomic E-state index is -0.610. The summed E-state index contributed by atoms with van der Waals surface area (Å²) in [6.07, 6.45) is 0.257. The molecule has 1 aliphatic heterocycles. The SMILES string of the molecule is CC(C)NC(=O)NCc1ccc(C(=O)OCC(=O)c2ccc3c(c2)CC(=O)N3C)cc1. The molecule has 8 heteroatoms. The topological polar surface area (TPSA) is 105 Å². The second-order valence-electron chi connectivity index (χ2n) is 7.65. The van der Waals surface area contributed by atoms with E-state index in [0.29, 0.717) is 17.7 Å². The van der Waals surface area contributed by atoms with Crippen molar-refractivity contribution in [2.24, 2.45) is 0 Å². The van der Waals surface area contributed by atoms with Gasteiger partial charge in [0.15, 0.2) is 12.4 Å². The number of carbonyl (C=O) groups excluding carboxylic acids is 4. The van der Waals surface area contributed by atoms with Gasteiger partial charge in [-0.3, -0.25) is 9.59 Å². The molecule has 2 aromatic carbocycles. The molecule has 8 nitrogen and oxygen atoms in total. The minimum absolute atomic E-state index is 0.0229. The summed E-state index contributed by atoms with van der Waals surface area (Å²) in [6.45, 7) is 3.67. The normalized spacial score (nSPS) is 12.5. The number of likely N-dealkylation sites (N-methyl/N-ethyl adjacent to an activating group) is 1. The molecule has 162 valence electrons. The van der Waals surface area contributed by atoms with E-state index >= 15 is 0 Å². The van der Waals surface area contributed by atoms with Crippen molar-refractivity contribution in [2.75, 3.05) is 18.6 Å². The highest BCUT2D eigenvalue weighted by Crippen LogP contribution is 2.28. The highest BCUT2D eigenvalue weighted by atomic mass is 16.5. The van der Waals surface area contributed by atoms with Crippen molar-refractivity contribution >= 4 is 29.4 Å². The molecule has 1 aliphatic rings. The number of Topliss-reactive ketones (excluding diaryl/α,β-unsaturated/α-hetero) is 1.